The van der Waals surface area contributed by atoms with Gasteiger partial charge in [-0.3, -0.25) is 9.97 Å². The number of rotatable bonds is 7. The van der Waals surface area contributed by atoms with Crippen molar-refractivity contribution in [1.82, 2.24) is 15.3 Å². The first-order valence-corrected chi connectivity index (χ1v) is 6.99. The van der Waals surface area contributed by atoms with Crippen LogP contribution in [0.2, 0.25) is 0 Å². The van der Waals surface area contributed by atoms with Gasteiger partial charge in [-0.15, -0.1) is 0 Å². The Morgan fingerprint density at radius 1 is 1.31 bits per heavy atom. The van der Waals surface area contributed by atoms with E-state index in [0.29, 0.717) is 4.75 Å². The van der Waals surface area contributed by atoms with Gasteiger partial charge in [0, 0.05) is 36.4 Å². The fourth-order valence-electron chi connectivity index (χ4n) is 1.70. The van der Waals surface area contributed by atoms with Crippen LogP contribution in [0.15, 0.2) is 18.6 Å². The van der Waals surface area contributed by atoms with E-state index < -0.39 is 0 Å². The second kappa shape index (κ2) is 6.86. The molecule has 0 atom stereocenters. The van der Waals surface area contributed by atoms with Crippen LogP contribution in [0.25, 0.3) is 0 Å². The molecule has 1 aromatic rings. The van der Waals surface area contributed by atoms with Crippen molar-refractivity contribution >= 4 is 11.8 Å². The Morgan fingerprint density at radius 3 is 2.56 bits per heavy atom. The van der Waals surface area contributed by atoms with E-state index in [-0.39, 0.29) is 0 Å². The lowest BCUT2D eigenvalue weighted by Gasteiger charge is -2.29. The summed E-state index contributed by atoms with van der Waals surface area (Å²) in [5.41, 5.74) is 1.00. The van der Waals surface area contributed by atoms with Crippen molar-refractivity contribution < 1.29 is 0 Å². The molecule has 90 valence electrons. The number of nitrogens with one attached hydrogen (secondary N) is 1. The van der Waals surface area contributed by atoms with Crippen LogP contribution < -0.4 is 5.32 Å². The summed E-state index contributed by atoms with van der Waals surface area (Å²) in [7, 11) is 0. The van der Waals surface area contributed by atoms with Crippen LogP contribution >= 0.6 is 11.8 Å². The molecule has 0 fully saturated rings. The summed E-state index contributed by atoms with van der Waals surface area (Å²) >= 11 is 1.95. The van der Waals surface area contributed by atoms with E-state index in [1.807, 2.05) is 18.0 Å². The second-order valence-electron chi connectivity index (χ2n) is 3.89. The van der Waals surface area contributed by atoms with Gasteiger partial charge in [-0.2, -0.15) is 11.8 Å². The maximum Gasteiger partial charge on any atom is 0.0724 e. The third kappa shape index (κ3) is 3.76. The highest BCUT2D eigenvalue weighted by Crippen LogP contribution is 2.29. The zero-order chi connectivity index (χ0) is 11.9. The Balaban J connectivity index is 2.39. The molecule has 0 aliphatic heterocycles. The molecule has 0 aromatic carbocycles. The highest BCUT2D eigenvalue weighted by atomic mass is 32.2. The average molecular weight is 239 g/mol. The Kier molecular flexibility index (Phi) is 5.77. The third-order valence-corrected chi connectivity index (χ3v) is 4.68. The van der Waals surface area contributed by atoms with Crippen molar-refractivity contribution in [3.63, 3.8) is 0 Å². The number of hydrogen-bond donors (Lipinski definition) is 1. The Morgan fingerprint density at radius 2 is 2.06 bits per heavy atom. The summed E-state index contributed by atoms with van der Waals surface area (Å²) in [6.45, 7) is 6.34. The lowest BCUT2D eigenvalue weighted by Crippen LogP contribution is -2.36. The number of hydrogen-bond acceptors (Lipinski definition) is 4. The molecule has 0 spiro atoms. The quantitative estimate of drug-likeness (QED) is 0.793. The van der Waals surface area contributed by atoms with Gasteiger partial charge < -0.3 is 5.32 Å². The van der Waals surface area contributed by atoms with Crippen molar-refractivity contribution in [3.8, 4) is 0 Å². The summed E-state index contributed by atoms with van der Waals surface area (Å²) in [5.74, 6) is 0. The Bertz CT molecular complexity index is 277. The molecular formula is C12H21N3S. The van der Waals surface area contributed by atoms with E-state index in [0.717, 1.165) is 18.8 Å². The minimum Gasteiger partial charge on any atom is -0.310 e. The maximum absolute atomic E-state index is 4.24. The second-order valence-corrected chi connectivity index (χ2v) is 5.17. The van der Waals surface area contributed by atoms with E-state index >= 15 is 0 Å². The molecule has 0 aliphatic carbocycles. The fourth-order valence-corrected chi connectivity index (χ4v) is 2.52. The Labute approximate surface area is 102 Å². The molecule has 0 saturated heterocycles. The molecule has 1 rings (SSSR count). The minimum atomic E-state index is 0.363. The van der Waals surface area contributed by atoms with Gasteiger partial charge in [-0.05, 0) is 19.1 Å². The van der Waals surface area contributed by atoms with E-state index in [4.69, 9.17) is 0 Å². The first kappa shape index (κ1) is 13.5. The largest absolute Gasteiger partial charge is 0.310 e. The van der Waals surface area contributed by atoms with Crippen LogP contribution in [0.4, 0.5) is 0 Å². The standard InChI is InChI=1S/C12H21N3S/c1-4-12(5-2,16-3)10-14-9-11-8-13-6-7-15-11/h6-8,14H,4-5,9-10H2,1-3H3. The first-order valence-electron chi connectivity index (χ1n) is 5.77. The van der Waals surface area contributed by atoms with Crippen LogP contribution in [-0.2, 0) is 6.54 Å². The van der Waals surface area contributed by atoms with Gasteiger partial charge in [0.1, 0.15) is 0 Å². The summed E-state index contributed by atoms with van der Waals surface area (Å²) in [5, 5.41) is 3.47. The number of thioether (sulfide) groups is 1. The fraction of sp³-hybridized carbons (Fsp3) is 0.667. The van der Waals surface area contributed by atoms with E-state index in [2.05, 4.69) is 35.4 Å². The molecule has 0 radical (unpaired) electrons. The van der Waals surface area contributed by atoms with E-state index in [1.54, 1.807) is 12.4 Å². The van der Waals surface area contributed by atoms with Crippen LogP contribution in [0.3, 0.4) is 0 Å². The van der Waals surface area contributed by atoms with Gasteiger partial charge in [-0.1, -0.05) is 13.8 Å². The van der Waals surface area contributed by atoms with Crippen LogP contribution in [0.1, 0.15) is 32.4 Å². The molecule has 1 N–H and O–H groups in total. The molecule has 1 heterocycles. The lowest BCUT2D eigenvalue weighted by molar-refractivity contribution is 0.492. The van der Waals surface area contributed by atoms with Crippen molar-refractivity contribution in [2.24, 2.45) is 0 Å². The molecular weight excluding hydrogens is 218 g/mol. The summed E-state index contributed by atoms with van der Waals surface area (Å²) in [6.07, 6.45) is 9.82. The molecule has 0 saturated carbocycles. The molecule has 0 unspecified atom stereocenters. The number of nitrogens with zero attached hydrogens (tertiary/aromatic N) is 2. The topological polar surface area (TPSA) is 37.8 Å². The van der Waals surface area contributed by atoms with Crippen LogP contribution in [0.5, 0.6) is 0 Å². The molecule has 3 nitrogen and oxygen atoms in total. The Hall–Kier alpha value is -0.610. The van der Waals surface area contributed by atoms with Crippen molar-refractivity contribution in [1.29, 1.82) is 0 Å². The van der Waals surface area contributed by atoms with Gasteiger partial charge in [0.05, 0.1) is 5.69 Å². The lowest BCUT2D eigenvalue weighted by atomic mass is 10.0. The molecule has 1 aromatic heterocycles. The predicted molar refractivity (Wildman–Crippen MR) is 70.6 cm³/mol. The zero-order valence-corrected chi connectivity index (χ0v) is 11.2. The van der Waals surface area contributed by atoms with Gasteiger partial charge >= 0.3 is 0 Å². The van der Waals surface area contributed by atoms with E-state index in [1.165, 1.54) is 12.8 Å². The molecule has 0 aliphatic rings. The normalized spacial score (nSPS) is 11.7. The number of aromatic nitrogens is 2. The van der Waals surface area contributed by atoms with Crippen molar-refractivity contribution in [3.05, 3.63) is 24.3 Å². The predicted octanol–water partition coefficient (Wildman–Crippen LogP) is 2.49. The van der Waals surface area contributed by atoms with Crippen LogP contribution in [-0.4, -0.2) is 27.5 Å². The van der Waals surface area contributed by atoms with E-state index in [9.17, 15) is 0 Å². The molecule has 16 heavy (non-hydrogen) atoms. The molecule has 0 amide bonds. The van der Waals surface area contributed by atoms with Gasteiger partial charge in [0.2, 0.25) is 0 Å². The van der Waals surface area contributed by atoms with Crippen LogP contribution in [0, 0.1) is 0 Å². The van der Waals surface area contributed by atoms with Crippen molar-refractivity contribution in [2.75, 3.05) is 12.8 Å². The highest BCUT2D eigenvalue weighted by molar-refractivity contribution is 8.00. The summed E-state index contributed by atoms with van der Waals surface area (Å²) < 4.78 is 0.363. The summed E-state index contributed by atoms with van der Waals surface area (Å²) in [6, 6.07) is 0. The zero-order valence-electron chi connectivity index (χ0n) is 10.4. The average Bonchev–Trinajstić information content (AvgIpc) is 2.37. The third-order valence-electron chi connectivity index (χ3n) is 3.09. The minimum absolute atomic E-state index is 0.363. The maximum atomic E-state index is 4.24. The first-order chi connectivity index (χ1) is 7.76. The van der Waals surface area contributed by atoms with Crippen molar-refractivity contribution in [2.45, 2.75) is 38.0 Å². The van der Waals surface area contributed by atoms with Gasteiger partial charge in [0.25, 0.3) is 0 Å². The monoisotopic (exact) mass is 239 g/mol. The van der Waals surface area contributed by atoms with Gasteiger partial charge in [-0.25, -0.2) is 0 Å². The highest BCUT2D eigenvalue weighted by Gasteiger charge is 2.23. The summed E-state index contributed by atoms with van der Waals surface area (Å²) in [4.78, 5) is 8.30. The molecule has 4 heteroatoms. The smallest absolute Gasteiger partial charge is 0.0724 e. The SMILES string of the molecule is CCC(CC)(CNCc1cnccn1)SC. The molecule has 0 bridgehead atoms. The van der Waals surface area contributed by atoms with Gasteiger partial charge in [0.15, 0.2) is 0 Å².